The van der Waals surface area contributed by atoms with Crippen LogP contribution in [0.3, 0.4) is 0 Å². The molecule has 1 nitrogen and oxygen atoms in total. The average molecular weight is 283 g/mol. The molecule has 1 heterocycles. The second kappa shape index (κ2) is 6.02. The summed E-state index contributed by atoms with van der Waals surface area (Å²) in [6.45, 7) is 4.42. The number of thioether (sulfide) groups is 1. The van der Waals surface area contributed by atoms with E-state index >= 15 is 0 Å². The molecule has 1 aliphatic rings. The molecule has 0 amide bonds. The molecule has 104 valence electrons. The first-order valence-electron chi connectivity index (χ1n) is 7.28. The van der Waals surface area contributed by atoms with Crippen molar-refractivity contribution in [3.05, 3.63) is 65.2 Å². The summed E-state index contributed by atoms with van der Waals surface area (Å²) in [6, 6.07) is 18.5. The Balaban J connectivity index is 1.79. The van der Waals surface area contributed by atoms with Crippen LogP contribution in [0.4, 0.5) is 0 Å². The number of benzene rings is 2. The summed E-state index contributed by atoms with van der Waals surface area (Å²) < 4.78 is 0. The molecule has 2 atom stereocenters. The van der Waals surface area contributed by atoms with Crippen molar-refractivity contribution in [2.45, 2.75) is 37.2 Å². The Morgan fingerprint density at radius 2 is 2.00 bits per heavy atom. The molecule has 1 aliphatic heterocycles. The monoisotopic (exact) mass is 283 g/mol. The van der Waals surface area contributed by atoms with E-state index in [0.717, 1.165) is 0 Å². The van der Waals surface area contributed by atoms with Gasteiger partial charge in [0.2, 0.25) is 0 Å². The van der Waals surface area contributed by atoms with Gasteiger partial charge in [-0.25, -0.2) is 0 Å². The minimum Gasteiger partial charge on any atom is -0.303 e. The second-order valence-corrected chi connectivity index (χ2v) is 6.67. The van der Waals surface area contributed by atoms with E-state index in [2.05, 4.69) is 67.7 Å². The molecule has 0 spiro atoms. The van der Waals surface area contributed by atoms with Crippen LogP contribution in [0, 0.1) is 6.92 Å². The van der Waals surface area contributed by atoms with Gasteiger partial charge < -0.3 is 5.32 Å². The fraction of sp³-hybridized carbons (Fsp3) is 0.333. The van der Waals surface area contributed by atoms with Crippen molar-refractivity contribution in [2.75, 3.05) is 5.75 Å². The molecule has 2 aromatic rings. The van der Waals surface area contributed by atoms with Crippen LogP contribution in [0.2, 0.25) is 0 Å². The largest absolute Gasteiger partial charge is 0.303 e. The van der Waals surface area contributed by atoms with Crippen molar-refractivity contribution < 1.29 is 0 Å². The van der Waals surface area contributed by atoms with Crippen molar-refractivity contribution in [1.82, 2.24) is 5.32 Å². The van der Waals surface area contributed by atoms with E-state index in [9.17, 15) is 0 Å². The fourth-order valence-electron chi connectivity index (χ4n) is 2.85. The van der Waals surface area contributed by atoms with Crippen LogP contribution in [0.25, 0.3) is 0 Å². The molecule has 0 radical (unpaired) electrons. The summed E-state index contributed by atoms with van der Waals surface area (Å²) in [4.78, 5) is 1.44. The van der Waals surface area contributed by atoms with Gasteiger partial charge in [-0.1, -0.05) is 48.0 Å². The molecular formula is C18H21NS. The van der Waals surface area contributed by atoms with Crippen molar-refractivity contribution in [1.29, 1.82) is 0 Å². The van der Waals surface area contributed by atoms with Gasteiger partial charge >= 0.3 is 0 Å². The predicted molar refractivity (Wildman–Crippen MR) is 87.3 cm³/mol. The van der Waals surface area contributed by atoms with Gasteiger partial charge in [-0.2, -0.15) is 0 Å². The average Bonchev–Trinajstić information content (AvgIpc) is 2.47. The quantitative estimate of drug-likeness (QED) is 0.861. The molecule has 0 saturated carbocycles. The molecule has 0 aliphatic carbocycles. The zero-order valence-corrected chi connectivity index (χ0v) is 12.9. The van der Waals surface area contributed by atoms with Gasteiger partial charge in [0.15, 0.2) is 0 Å². The standard InChI is InChI=1S/C18H21NS/c1-13-6-5-7-15(12-13)14(2)19-17-10-11-20-18-9-4-3-8-16(17)18/h3-9,12,14,17,19H,10-11H2,1-2H3/t14-,17?/m0/s1. The van der Waals surface area contributed by atoms with E-state index in [0.29, 0.717) is 12.1 Å². The lowest BCUT2D eigenvalue weighted by atomic mass is 10.00. The topological polar surface area (TPSA) is 12.0 Å². The van der Waals surface area contributed by atoms with Crippen LogP contribution >= 0.6 is 11.8 Å². The van der Waals surface area contributed by atoms with Gasteiger partial charge in [0, 0.05) is 17.0 Å². The number of nitrogens with one attached hydrogen (secondary N) is 1. The van der Waals surface area contributed by atoms with E-state index in [1.807, 2.05) is 11.8 Å². The lowest BCUT2D eigenvalue weighted by molar-refractivity contribution is 0.450. The van der Waals surface area contributed by atoms with E-state index in [4.69, 9.17) is 0 Å². The number of hydrogen-bond donors (Lipinski definition) is 1. The predicted octanol–water partition coefficient (Wildman–Crippen LogP) is 4.88. The molecule has 1 unspecified atom stereocenters. The van der Waals surface area contributed by atoms with Crippen LogP contribution in [-0.4, -0.2) is 5.75 Å². The number of hydrogen-bond acceptors (Lipinski definition) is 2. The third kappa shape index (κ3) is 2.92. The third-order valence-electron chi connectivity index (χ3n) is 3.95. The molecule has 0 saturated heterocycles. The SMILES string of the molecule is Cc1cccc([C@H](C)NC2CCSc3ccccc32)c1. The Hall–Kier alpha value is -1.25. The van der Waals surface area contributed by atoms with Gasteiger partial charge in [-0.3, -0.25) is 0 Å². The van der Waals surface area contributed by atoms with Crippen LogP contribution < -0.4 is 5.32 Å². The summed E-state index contributed by atoms with van der Waals surface area (Å²) in [5, 5.41) is 3.81. The molecule has 3 rings (SSSR count). The van der Waals surface area contributed by atoms with Gasteiger partial charge in [-0.05, 0) is 43.2 Å². The molecule has 20 heavy (non-hydrogen) atoms. The maximum atomic E-state index is 3.81. The Bertz CT molecular complexity index is 593. The smallest absolute Gasteiger partial charge is 0.0344 e. The van der Waals surface area contributed by atoms with E-state index in [1.165, 1.54) is 33.8 Å². The summed E-state index contributed by atoms with van der Waals surface area (Å²) in [5.41, 5.74) is 4.17. The molecule has 2 aromatic carbocycles. The van der Waals surface area contributed by atoms with Gasteiger partial charge in [0.1, 0.15) is 0 Å². The minimum absolute atomic E-state index is 0.385. The minimum atomic E-state index is 0.385. The highest BCUT2D eigenvalue weighted by Gasteiger charge is 2.21. The Morgan fingerprint density at radius 3 is 2.85 bits per heavy atom. The molecule has 0 aromatic heterocycles. The lowest BCUT2D eigenvalue weighted by Crippen LogP contribution is -2.27. The highest BCUT2D eigenvalue weighted by atomic mass is 32.2. The van der Waals surface area contributed by atoms with Crippen LogP contribution in [0.1, 0.15) is 42.1 Å². The molecule has 0 bridgehead atoms. The Kier molecular flexibility index (Phi) is 4.13. The van der Waals surface area contributed by atoms with Crippen molar-refractivity contribution in [2.24, 2.45) is 0 Å². The van der Waals surface area contributed by atoms with Gasteiger partial charge in [-0.15, -0.1) is 11.8 Å². The summed E-state index contributed by atoms with van der Waals surface area (Å²) >= 11 is 1.98. The lowest BCUT2D eigenvalue weighted by Gasteiger charge is -2.29. The summed E-state index contributed by atoms with van der Waals surface area (Å²) in [7, 11) is 0. The van der Waals surface area contributed by atoms with Crippen molar-refractivity contribution in [3.63, 3.8) is 0 Å². The maximum absolute atomic E-state index is 3.81. The molecule has 1 N–H and O–H groups in total. The molecule has 0 fully saturated rings. The normalized spacial score (nSPS) is 19.4. The van der Waals surface area contributed by atoms with Crippen molar-refractivity contribution >= 4 is 11.8 Å². The van der Waals surface area contributed by atoms with Crippen LogP contribution in [0.5, 0.6) is 0 Å². The number of aryl methyl sites for hydroxylation is 1. The molecular weight excluding hydrogens is 262 g/mol. The third-order valence-corrected chi connectivity index (χ3v) is 5.07. The van der Waals surface area contributed by atoms with Crippen molar-refractivity contribution in [3.8, 4) is 0 Å². The maximum Gasteiger partial charge on any atom is 0.0344 e. The zero-order chi connectivity index (χ0) is 13.9. The molecule has 2 heteroatoms. The summed E-state index contributed by atoms with van der Waals surface area (Å²) in [5.74, 6) is 1.20. The summed E-state index contributed by atoms with van der Waals surface area (Å²) in [6.07, 6.45) is 1.21. The first-order chi connectivity index (χ1) is 9.74. The fourth-order valence-corrected chi connectivity index (χ4v) is 3.98. The van der Waals surface area contributed by atoms with E-state index in [-0.39, 0.29) is 0 Å². The van der Waals surface area contributed by atoms with Crippen LogP contribution in [-0.2, 0) is 0 Å². The highest BCUT2D eigenvalue weighted by molar-refractivity contribution is 7.99. The second-order valence-electron chi connectivity index (χ2n) is 5.53. The van der Waals surface area contributed by atoms with Crippen LogP contribution in [0.15, 0.2) is 53.4 Å². The van der Waals surface area contributed by atoms with Gasteiger partial charge in [0.25, 0.3) is 0 Å². The van der Waals surface area contributed by atoms with E-state index in [1.54, 1.807) is 0 Å². The Labute approximate surface area is 125 Å². The number of fused-ring (bicyclic) bond motifs is 1. The first-order valence-corrected chi connectivity index (χ1v) is 8.27. The Morgan fingerprint density at radius 1 is 1.15 bits per heavy atom. The van der Waals surface area contributed by atoms with Gasteiger partial charge in [0.05, 0.1) is 0 Å². The highest BCUT2D eigenvalue weighted by Crippen LogP contribution is 2.37. The number of rotatable bonds is 3. The first kappa shape index (κ1) is 13.7. The van der Waals surface area contributed by atoms with E-state index < -0.39 is 0 Å². The zero-order valence-electron chi connectivity index (χ0n) is 12.1.